The van der Waals surface area contributed by atoms with Crippen molar-refractivity contribution < 1.29 is 17.9 Å². The van der Waals surface area contributed by atoms with Crippen LogP contribution in [-0.4, -0.2) is 23.4 Å². The molecule has 0 amide bonds. The first-order valence-corrected chi connectivity index (χ1v) is 6.01. The molecule has 0 saturated heterocycles. The van der Waals surface area contributed by atoms with E-state index in [1.54, 1.807) is 26.2 Å². The lowest BCUT2D eigenvalue weighted by atomic mass is 10.3. The summed E-state index contributed by atoms with van der Waals surface area (Å²) >= 11 is 0. The van der Waals surface area contributed by atoms with Crippen LogP contribution in [0.4, 0.5) is 30.6 Å². The van der Waals surface area contributed by atoms with Crippen LogP contribution in [0.5, 0.6) is 5.75 Å². The van der Waals surface area contributed by atoms with E-state index in [4.69, 9.17) is 0 Å². The Morgan fingerprint density at radius 3 is 2.67 bits per heavy atom. The first-order chi connectivity index (χ1) is 9.87. The highest BCUT2D eigenvalue weighted by Gasteiger charge is 2.31. The second-order valence-electron chi connectivity index (χ2n) is 4.18. The maximum Gasteiger partial charge on any atom is 0.573 e. The highest BCUT2D eigenvalue weighted by Crippen LogP contribution is 2.27. The number of nitrogens with zero attached hydrogens (tertiary/aromatic N) is 2. The van der Waals surface area contributed by atoms with Crippen molar-refractivity contribution >= 4 is 17.5 Å². The van der Waals surface area contributed by atoms with Crippen molar-refractivity contribution in [3.63, 3.8) is 0 Å². The standard InChI is InChI=1S/C13H13F3N4O/c1-8-7-18-12(17-2)20-11(8)19-9-4-3-5-10(6-9)21-13(14,15)16/h3-7H,1-2H3,(H2,17,18,19,20). The van der Waals surface area contributed by atoms with Crippen LogP contribution in [0, 0.1) is 6.92 Å². The molecule has 5 nitrogen and oxygen atoms in total. The Bertz CT molecular complexity index is 631. The molecule has 0 radical (unpaired) electrons. The van der Waals surface area contributed by atoms with Crippen LogP contribution >= 0.6 is 0 Å². The predicted molar refractivity (Wildman–Crippen MR) is 72.7 cm³/mol. The topological polar surface area (TPSA) is 59.1 Å². The van der Waals surface area contributed by atoms with Gasteiger partial charge in [-0.2, -0.15) is 4.98 Å². The molecular weight excluding hydrogens is 285 g/mol. The second kappa shape index (κ2) is 5.86. The van der Waals surface area contributed by atoms with Gasteiger partial charge in [0.05, 0.1) is 0 Å². The monoisotopic (exact) mass is 298 g/mol. The van der Waals surface area contributed by atoms with E-state index >= 15 is 0 Å². The summed E-state index contributed by atoms with van der Waals surface area (Å²) in [4.78, 5) is 8.22. The van der Waals surface area contributed by atoms with Gasteiger partial charge in [-0.1, -0.05) is 6.07 Å². The Hall–Kier alpha value is -2.51. The molecule has 0 fully saturated rings. The molecule has 21 heavy (non-hydrogen) atoms. The van der Waals surface area contributed by atoms with E-state index in [1.807, 2.05) is 0 Å². The molecule has 1 heterocycles. The first-order valence-electron chi connectivity index (χ1n) is 6.01. The molecule has 2 N–H and O–H groups in total. The minimum Gasteiger partial charge on any atom is -0.406 e. The SMILES string of the molecule is CNc1ncc(C)c(Nc2cccc(OC(F)(F)F)c2)n1. The van der Waals surface area contributed by atoms with Gasteiger partial charge in [-0.15, -0.1) is 13.2 Å². The third-order valence-corrected chi connectivity index (χ3v) is 2.53. The van der Waals surface area contributed by atoms with Crippen molar-refractivity contribution in [2.45, 2.75) is 13.3 Å². The van der Waals surface area contributed by atoms with Crippen LogP contribution in [0.25, 0.3) is 0 Å². The van der Waals surface area contributed by atoms with E-state index in [-0.39, 0.29) is 5.75 Å². The number of benzene rings is 1. The lowest BCUT2D eigenvalue weighted by molar-refractivity contribution is -0.274. The Morgan fingerprint density at radius 2 is 2.00 bits per heavy atom. The van der Waals surface area contributed by atoms with Gasteiger partial charge in [-0.25, -0.2) is 4.98 Å². The number of ether oxygens (including phenoxy) is 1. The number of halogens is 3. The third-order valence-electron chi connectivity index (χ3n) is 2.53. The van der Waals surface area contributed by atoms with Crippen LogP contribution in [0.3, 0.4) is 0 Å². The van der Waals surface area contributed by atoms with Gasteiger partial charge in [-0.3, -0.25) is 0 Å². The van der Waals surface area contributed by atoms with Crippen molar-refractivity contribution in [1.82, 2.24) is 9.97 Å². The van der Waals surface area contributed by atoms with Crippen molar-refractivity contribution in [2.75, 3.05) is 17.7 Å². The summed E-state index contributed by atoms with van der Waals surface area (Å²) < 4.78 is 40.4. The van der Waals surface area contributed by atoms with E-state index < -0.39 is 6.36 Å². The molecule has 2 aromatic rings. The average Bonchev–Trinajstić information content (AvgIpc) is 2.40. The molecule has 0 aliphatic heterocycles. The van der Waals surface area contributed by atoms with Gasteiger partial charge in [0.25, 0.3) is 0 Å². The number of aryl methyl sites for hydroxylation is 1. The van der Waals surface area contributed by atoms with Crippen molar-refractivity contribution in [1.29, 1.82) is 0 Å². The zero-order valence-corrected chi connectivity index (χ0v) is 11.3. The van der Waals surface area contributed by atoms with E-state index in [9.17, 15) is 13.2 Å². The van der Waals surface area contributed by atoms with Gasteiger partial charge in [0.15, 0.2) is 0 Å². The van der Waals surface area contributed by atoms with Crippen molar-refractivity contribution in [3.8, 4) is 5.75 Å². The summed E-state index contributed by atoms with van der Waals surface area (Å²) in [6.07, 6.45) is -3.11. The van der Waals surface area contributed by atoms with Crippen LogP contribution in [-0.2, 0) is 0 Å². The van der Waals surface area contributed by atoms with Crippen LogP contribution in [0.15, 0.2) is 30.5 Å². The van der Waals surface area contributed by atoms with Gasteiger partial charge in [0.1, 0.15) is 11.6 Å². The van der Waals surface area contributed by atoms with Gasteiger partial charge < -0.3 is 15.4 Å². The van der Waals surface area contributed by atoms with Gasteiger partial charge >= 0.3 is 6.36 Å². The third kappa shape index (κ3) is 4.23. The van der Waals surface area contributed by atoms with Crippen LogP contribution in [0.2, 0.25) is 0 Å². The molecule has 112 valence electrons. The maximum absolute atomic E-state index is 12.2. The smallest absolute Gasteiger partial charge is 0.406 e. The Labute approximate surface area is 119 Å². The molecule has 0 aliphatic carbocycles. The number of nitrogens with one attached hydrogen (secondary N) is 2. The summed E-state index contributed by atoms with van der Waals surface area (Å²) in [6, 6.07) is 5.54. The van der Waals surface area contributed by atoms with Crippen molar-refractivity contribution in [2.24, 2.45) is 0 Å². The van der Waals surface area contributed by atoms with E-state index in [1.165, 1.54) is 18.2 Å². The van der Waals surface area contributed by atoms with Crippen LogP contribution < -0.4 is 15.4 Å². The summed E-state index contributed by atoms with van der Waals surface area (Å²) in [5, 5.41) is 5.72. The number of hydrogen-bond donors (Lipinski definition) is 2. The van der Waals surface area contributed by atoms with Gasteiger partial charge in [-0.05, 0) is 19.1 Å². The molecule has 0 spiro atoms. The fourth-order valence-corrected chi connectivity index (χ4v) is 1.60. The largest absolute Gasteiger partial charge is 0.573 e. The lowest BCUT2D eigenvalue weighted by Gasteiger charge is -2.12. The number of anilines is 3. The zero-order chi connectivity index (χ0) is 15.5. The molecular formula is C13H13F3N4O. The Kier molecular flexibility index (Phi) is 4.15. The molecule has 0 atom stereocenters. The second-order valence-corrected chi connectivity index (χ2v) is 4.18. The highest BCUT2D eigenvalue weighted by atomic mass is 19.4. The lowest BCUT2D eigenvalue weighted by Crippen LogP contribution is -2.17. The summed E-state index contributed by atoms with van der Waals surface area (Å²) in [7, 11) is 1.67. The Balaban J connectivity index is 2.22. The molecule has 0 bridgehead atoms. The fourth-order valence-electron chi connectivity index (χ4n) is 1.60. The molecule has 1 aromatic heterocycles. The van der Waals surface area contributed by atoms with Gasteiger partial charge in [0.2, 0.25) is 5.95 Å². The Morgan fingerprint density at radius 1 is 1.24 bits per heavy atom. The van der Waals surface area contributed by atoms with Gasteiger partial charge in [0, 0.05) is 30.6 Å². The fraction of sp³-hybridized carbons (Fsp3) is 0.231. The number of hydrogen-bond acceptors (Lipinski definition) is 5. The minimum atomic E-state index is -4.72. The summed E-state index contributed by atoms with van der Waals surface area (Å²) in [5.74, 6) is 0.609. The number of aromatic nitrogens is 2. The molecule has 8 heteroatoms. The van der Waals surface area contributed by atoms with Crippen LogP contribution in [0.1, 0.15) is 5.56 Å². The highest BCUT2D eigenvalue weighted by molar-refractivity contribution is 5.61. The maximum atomic E-state index is 12.2. The normalized spacial score (nSPS) is 11.1. The molecule has 1 aromatic carbocycles. The summed E-state index contributed by atoms with van der Waals surface area (Å²) in [6.45, 7) is 1.79. The molecule has 0 unspecified atom stereocenters. The number of alkyl halides is 3. The van der Waals surface area contributed by atoms with E-state index in [0.29, 0.717) is 17.5 Å². The van der Waals surface area contributed by atoms with E-state index in [2.05, 4.69) is 25.3 Å². The number of rotatable bonds is 4. The predicted octanol–water partition coefficient (Wildman–Crippen LogP) is 3.47. The minimum absolute atomic E-state index is 0.298. The average molecular weight is 298 g/mol. The molecule has 0 saturated carbocycles. The molecule has 0 aliphatic rings. The zero-order valence-electron chi connectivity index (χ0n) is 11.3. The quantitative estimate of drug-likeness (QED) is 0.905. The van der Waals surface area contributed by atoms with E-state index in [0.717, 1.165) is 5.56 Å². The summed E-state index contributed by atoms with van der Waals surface area (Å²) in [5.41, 5.74) is 1.19. The molecule has 2 rings (SSSR count). The van der Waals surface area contributed by atoms with Crippen molar-refractivity contribution in [3.05, 3.63) is 36.0 Å². The first kappa shape index (κ1) is 14.9.